The van der Waals surface area contributed by atoms with Gasteiger partial charge in [-0.15, -0.1) is 0 Å². The highest BCUT2D eigenvalue weighted by molar-refractivity contribution is 5.92. The van der Waals surface area contributed by atoms with E-state index in [4.69, 9.17) is 9.84 Å². The molecule has 1 amide bonds. The van der Waals surface area contributed by atoms with E-state index in [0.29, 0.717) is 12.4 Å². The second-order valence-electron chi connectivity index (χ2n) is 6.89. The number of nitrogens with zero attached hydrogens (tertiary/aromatic N) is 3. The Morgan fingerprint density at radius 1 is 1.19 bits per heavy atom. The maximum absolute atomic E-state index is 12.0. The van der Waals surface area contributed by atoms with Crippen LogP contribution in [0.3, 0.4) is 0 Å². The van der Waals surface area contributed by atoms with Gasteiger partial charge in [0.2, 0.25) is 11.8 Å². The van der Waals surface area contributed by atoms with Crippen molar-refractivity contribution in [1.82, 2.24) is 14.8 Å². The third-order valence-corrected chi connectivity index (χ3v) is 4.53. The molecule has 4 rings (SSSR count). The highest BCUT2D eigenvalue weighted by atomic mass is 16.5. The van der Waals surface area contributed by atoms with Crippen LogP contribution in [0.4, 0.5) is 5.82 Å². The number of benzene rings is 1. The van der Waals surface area contributed by atoms with Gasteiger partial charge in [-0.3, -0.25) is 4.79 Å². The van der Waals surface area contributed by atoms with Gasteiger partial charge >= 0.3 is 0 Å². The van der Waals surface area contributed by atoms with Crippen LogP contribution in [0.2, 0.25) is 0 Å². The van der Waals surface area contributed by atoms with Crippen LogP contribution in [0.1, 0.15) is 20.3 Å². The van der Waals surface area contributed by atoms with Gasteiger partial charge in [-0.05, 0) is 17.7 Å². The van der Waals surface area contributed by atoms with Gasteiger partial charge in [0.05, 0.1) is 12.2 Å². The number of aryl methyl sites for hydroxylation is 1. The second kappa shape index (κ2) is 7.23. The molecule has 0 spiro atoms. The van der Waals surface area contributed by atoms with E-state index < -0.39 is 0 Å². The van der Waals surface area contributed by atoms with Gasteiger partial charge in [0, 0.05) is 30.6 Å². The van der Waals surface area contributed by atoms with E-state index in [9.17, 15) is 4.79 Å². The first-order chi connectivity index (χ1) is 13.1. The molecule has 0 saturated heterocycles. The lowest BCUT2D eigenvalue weighted by Gasteiger charge is -2.16. The molecule has 2 aromatic heterocycles. The molecule has 3 aromatic rings. The summed E-state index contributed by atoms with van der Waals surface area (Å²) in [4.78, 5) is 16.3. The minimum Gasteiger partial charge on any atom is -0.477 e. The monoisotopic (exact) mass is 362 g/mol. The van der Waals surface area contributed by atoms with Crippen LogP contribution in [0.5, 0.6) is 5.88 Å². The number of nitrogens with one attached hydrogen (secondary N) is 1. The Labute approximate surface area is 158 Å². The molecule has 0 atom stereocenters. The van der Waals surface area contributed by atoms with E-state index in [0.717, 1.165) is 41.2 Å². The van der Waals surface area contributed by atoms with Crippen molar-refractivity contribution in [2.45, 2.75) is 26.8 Å². The van der Waals surface area contributed by atoms with Crippen molar-refractivity contribution >= 4 is 11.7 Å². The SMILES string of the molecule is CC(C)C(=O)Nc1cc(-c2c(-c3ccccc3)nn3c2OCCC3)ccn1. The first kappa shape index (κ1) is 17.3. The number of hydrogen-bond donors (Lipinski definition) is 1. The molecular weight excluding hydrogens is 340 g/mol. The van der Waals surface area contributed by atoms with Crippen molar-refractivity contribution in [3.63, 3.8) is 0 Å². The van der Waals surface area contributed by atoms with E-state index in [1.165, 1.54) is 0 Å². The lowest BCUT2D eigenvalue weighted by molar-refractivity contribution is -0.118. The van der Waals surface area contributed by atoms with Crippen LogP contribution in [-0.2, 0) is 11.3 Å². The number of amides is 1. The number of ether oxygens (including phenoxy) is 1. The summed E-state index contributed by atoms with van der Waals surface area (Å²) < 4.78 is 7.89. The molecule has 1 N–H and O–H groups in total. The van der Waals surface area contributed by atoms with Crippen molar-refractivity contribution in [3.8, 4) is 28.3 Å². The summed E-state index contributed by atoms with van der Waals surface area (Å²) in [5.74, 6) is 1.13. The zero-order valence-electron chi connectivity index (χ0n) is 15.5. The van der Waals surface area contributed by atoms with Crippen molar-refractivity contribution in [2.24, 2.45) is 5.92 Å². The largest absolute Gasteiger partial charge is 0.477 e. The number of carbonyl (C=O) groups excluding carboxylic acids is 1. The fourth-order valence-corrected chi connectivity index (χ4v) is 3.11. The summed E-state index contributed by atoms with van der Waals surface area (Å²) in [7, 11) is 0. The molecule has 0 saturated carbocycles. The van der Waals surface area contributed by atoms with Crippen molar-refractivity contribution < 1.29 is 9.53 Å². The van der Waals surface area contributed by atoms with Gasteiger partial charge in [0.15, 0.2) is 0 Å². The molecule has 27 heavy (non-hydrogen) atoms. The van der Waals surface area contributed by atoms with E-state index in [-0.39, 0.29) is 11.8 Å². The van der Waals surface area contributed by atoms with Gasteiger partial charge in [-0.2, -0.15) is 5.10 Å². The van der Waals surface area contributed by atoms with E-state index in [1.54, 1.807) is 6.20 Å². The third kappa shape index (κ3) is 3.43. The maximum Gasteiger partial charge on any atom is 0.228 e. The average Bonchev–Trinajstić information content (AvgIpc) is 3.08. The lowest BCUT2D eigenvalue weighted by atomic mass is 10.0. The smallest absolute Gasteiger partial charge is 0.228 e. The highest BCUT2D eigenvalue weighted by Crippen LogP contribution is 2.40. The molecule has 6 heteroatoms. The third-order valence-electron chi connectivity index (χ3n) is 4.53. The Morgan fingerprint density at radius 2 is 2.00 bits per heavy atom. The summed E-state index contributed by atoms with van der Waals surface area (Å²) >= 11 is 0. The molecule has 0 fully saturated rings. The van der Waals surface area contributed by atoms with Gasteiger partial charge in [0.25, 0.3) is 0 Å². The van der Waals surface area contributed by atoms with Crippen LogP contribution in [0.25, 0.3) is 22.4 Å². The normalized spacial score (nSPS) is 13.1. The fourth-order valence-electron chi connectivity index (χ4n) is 3.11. The Hall–Kier alpha value is -3.15. The Morgan fingerprint density at radius 3 is 2.78 bits per heavy atom. The molecule has 138 valence electrons. The second-order valence-corrected chi connectivity index (χ2v) is 6.89. The highest BCUT2D eigenvalue weighted by Gasteiger charge is 2.24. The Kier molecular flexibility index (Phi) is 4.62. The molecular formula is C21H22N4O2. The number of aromatic nitrogens is 3. The fraction of sp³-hybridized carbons (Fsp3) is 0.286. The number of anilines is 1. The predicted molar refractivity (Wildman–Crippen MR) is 104 cm³/mol. The molecule has 6 nitrogen and oxygen atoms in total. The van der Waals surface area contributed by atoms with Crippen molar-refractivity contribution in [1.29, 1.82) is 0 Å². The number of carbonyl (C=O) groups is 1. The molecule has 0 bridgehead atoms. The van der Waals surface area contributed by atoms with Crippen molar-refractivity contribution in [2.75, 3.05) is 11.9 Å². The van der Waals surface area contributed by atoms with Gasteiger partial charge < -0.3 is 10.1 Å². The molecule has 3 heterocycles. The van der Waals surface area contributed by atoms with Gasteiger partial charge in [0.1, 0.15) is 11.5 Å². The predicted octanol–water partition coefficient (Wildman–Crippen LogP) is 3.99. The van der Waals surface area contributed by atoms with Gasteiger partial charge in [-0.25, -0.2) is 9.67 Å². The topological polar surface area (TPSA) is 69.0 Å². The number of fused-ring (bicyclic) bond motifs is 1. The number of rotatable bonds is 4. The molecule has 0 aliphatic carbocycles. The van der Waals surface area contributed by atoms with Crippen LogP contribution in [-0.4, -0.2) is 27.3 Å². The van der Waals surface area contributed by atoms with Crippen LogP contribution in [0, 0.1) is 5.92 Å². The Balaban J connectivity index is 1.81. The van der Waals surface area contributed by atoms with E-state index in [1.807, 2.05) is 61.0 Å². The first-order valence-electron chi connectivity index (χ1n) is 9.20. The minimum atomic E-state index is -0.109. The molecule has 1 aliphatic rings. The quantitative estimate of drug-likeness (QED) is 0.762. The summed E-state index contributed by atoms with van der Waals surface area (Å²) in [6, 6.07) is 13.9. The van der Waals surface area contributed by atoms with Crippen LogP contribution >= 0.6 is 0 Å². The van der Waals surface area contributed by atoms with E-state index >= 15 is 0 Å². The minimum absolute atomic E-state index is 0.0591. The standard InChI is InChI=1S/C21H22N4O2/c1-14(2)20(26)23-17-13-16(9-10-22-17)18-19(15-7-4-3-5-8-15)24-25-11-6-12-27-21(18)25/h3-5,7-10,13-14H,6,11-12H2,1-2H3,(H,22,23,26). The first-order valence-corrected chi connectivity index (χ1v) is 9.20. The van der Waals surface area contributed by atoms with Crippen molar-refractivity contribution in [3.05, 3.63) is 48.7 Å². The van der Waals surface area contributed by atoms with E-state index in [2.05, 4.69) is 10.3 Å². The van der Waals surface area contributed by atoms with Crippen LogP contribution in [0.15, 0.2) is 48.7 Å². The van der Waals surface area contributed by atoms with Gasteiger partial charge in [-0.1, -0.05) is 44.2 Å². The summed E-state index contributed by atoms with van der Waals surface area (Å²) in [6.45, 7) is 5.22. The molecule has 1 aromatic carbocycles. The summed E-state index contributed by atoms with van der Waals surface area (Å²) in [5, 5.41) is 7.67. The zero-order valence-corrected chi connectivity index (χ0v) is 15.5. The zero-order chi connectivity index (χ0) is 18.8. The molecule has 1 aliphatic heterocycles. The Bertz CT molecular complexity index is 964. The average molecular weight is 362 g/mol. The number of pyridine rings is 1. The van der Waals surface area contributed by atoms with Crippen LogP contribution < -0.4 is 10.1 Å². The lowest BCUT2D eigenvalue weighted by Crippen LogP contribution is -2.18. The summed E-state index contributed by atoms with van der Waals surface area (Å²) in [5.41, 5.74) is 3.76. The summed E-state index contributed by atoms with van der Waals surface area (Å²) in [6.07, 6.45) is 2.64. The molecule has 0 unspecified atom stereocenters. The maximum atomic E-state index is 12.0. The molecule has 0 radical (unpaired) electrons. The number of hydrogen-bond acceptors (Lipinski definition) is 4.